The molecule has 0 spiro atoms. The minimum absolute atomic E-state index is 0.0238. The molecule has 0 aliphatic heterocycles. The van der Waals surface area contributed by atoms with Crippen molar-refractivity contribution in [1.82, 2.24) is 15.5 Å². The normalized spacial score (nSPS) is 13.5. The van der Waals surface area contributed by atoms with Gasteiger partial charge in [-0.1, -0.05) is 0 Å². The van der Waals surface area contributed by atoms with Gasteiger partial charge in [0.05, 0.1) is 27.8 Å². The Hall–Kier alpha value is -2.77. The average Bonchev–Trinajstić information content (AvgIpc) is 3.28. The van der Waals surface area contributed by atoms with Crippen LogP contribution >= 0.6 is 0 Å². The van der Waals surface area contributed by atoms with Crippen molar-refractivity contribution in [3.63, 3.8) is 0 Å². The Morgan fingerprint density at radius 3 is 2.38 bits per heavy atom. The summed E-state index contributed by atoms with van der Waals surface area (Å²) in [6.07, 6.45) is 2.34. The van der Waals surface area contributed by atoms with Crippen LogP contribution in [-0.2, 0) is 6.42 Å². The fourth-order valence-electron chi connectivity index (χ4n) is 2.30. The Labute approximate surface area is 139 Å². The zero-order chi connectivity index (χ0) is 17.1. The highest BCUT2D eigenvalue weighted by Crippen LogP contribution is 2.38. The molecule has 0 unspecified atom stereocenters. The van der Waals surface area contributed by atoms with E-state index in [0.717, 1.165) is 18.4 Å². The van der Waals surface area contributed by atoms with Crippen LogP contribution in [0.4, 0.5) is 0 Å². The van der Waals surface area contributed by atoms with Crippen LogP contribution in [0.15, 0.2) is 16.5 Å². The molecule has 1 aromatic heterocycles. The van der Waals surface area contributed by atoms with E-state index < -0.39 is 0 Å². The van der Waals surface area contributed by atoms with Crippen molar-refractivity contribution in [3.8, 4) is 17.2 Å². The van der Waals surface area contributed by atoms with Crippen molar-refractivity contribution in [2.24, 2.45) is 0 Å². The molecule has 1 fully saturated rings. The number of rotatable bonds is 7. The number of amides is 1. The lowest BCUT2D eigenvalue weighted by Gasteiger charge is -2.13. The van der Waals surface area contributed by atoms with Gasteiger partial charge in [-0.15, -0.1) is 10.2 Å². The van der Waals surface area contributed by atoms with Crippen LogP contribution in [0.3, 0.4) is 0 Å². The fourth-order valence-corrected chi connectivity index (χ4v) is 2.30. The fraction of sp³-hybridized carbons (Fsp3) is 0.438. The van der Waals surface area contributed by atoms with E-state index in [9.17, 15) is 4.79 Å². The summed E-state index contributed by atoms with van der Waals surface area (Å²) in [6, 6.07) is 3.84. The molecule has 1 heterocycles. The highest BCUT2D eigenvalue weighted by molar-refractivity contribution is 5.89. The first-order chi connectivity index (χ1) is 11.6. The minimum atomic E-state index is -0.332. The summed E-state index contributed by atoms with van der Waals surface area (Å²) in [5, 5.41) is 10.5. The first kappa shape index (κ1) is 16.1. The zero-order valence-corrected chi connectivity index (χ0v) is 13.8. The van der Waals surface area contributed by atoms with Gasteiger partial charge in [0.25, 0.3) is 0 Å². The van der Waals surface area contributed by atoms with Gasteiger partial charge in [-0.25, -0.2) is 0 Å². The monoisotopic (exact) mass is 333 g/mol. The second-order valence-electron chi connectivity index (χ2n) is 5.46. The van der Waals surface area contributed by atoms with Crippen molar-refractivity contribution in [2.75, 3.05) is 21.3 Å². The number of aromatic nitrogens is 2. The van der Waals surface area contributed by atoms with Crippen LogP contribution in [-0.4, -0.2) is 43.5 Å². The summed E-state index contributed by atoms with van der Waals surface area (Å²) in [7, 11) is 4.64. The SMILES string of the molecule is COc1cc(Cc2nnc(C(=O)NC3CC3)o2)cc(OC)c1OC. The Bertz CT molecular complexity index is 714. The summed E-state index contributed by atoms with van der Waals surface area (Å²) >= 11 is 0. The molecule has 3 rings (SSSR count). The number of hydrogen-bond acceptors (Lipinski definition) is 7. The van der Waals surface area contributed by atoms with E-state index in [2.05, 4.69) is 15.5 Å². The Morgan fingerprint density at radius 2 is 1.83 bits per heavy atom. The Kier molecular flexibility index (Phi) is 4.54. The molecule has 0 radical (unpaired) electrons. The number of nitrogens with one attached hydrogen (secondary N) is 1. The second kappa shape index (κ2) is 6.77. The third-order valence-electron chi connectivity index (χ3n) is 3.65. The molecule has 1 saturated carbocycles. The van der Waals surface area contributed by atoms with E-state index in [0.29, 0.717) is 29.6 Å². The van der Waals surface area contributed by atoms with Crippen molar-refractivity contribution >= 4 is 5.91 Å². The zero-order valence-electron chi connectivity index (χ0n) is 13.8. The van der Waals surface area contributed by atoms with Crippen LogP contribution in [0.1, 0.15) is 35.0 Å². The maximum atomic E-state index is 11.9. The highest BCUT2D eigenvalue weighted by Gasteiger charge is 2.26. The lowest BCUT2D eigenvalue weighted by molar-refractivity contribution is 0.0914. The van der Waals surface area contributed by atoms with Gasteiger partial charge >= 0.3 is 11.8 Å². The average molecular weight is 333 g/mol. The number of carbonyl (C=O) groups is 1. The van der Waals surface area contributed by atoms with E-state index in [1.54, 1.807) is 33.5 Å². The molecule has 8 nitrogen and oxygen atoms in total. The van der Waals surface area contributed by atoms with Gasteiger partial charge in [-0.3, -0.25) is 4.79 Å². The molecule has 0 saturated heterocycles. The number of hydrogen-bond donors (Lipinski definition) is 1. The summed E-state index contributed by atoms with van der Waals surface area (Å²) in [6.45, 7) is 0. The molecule has 1 aliphatic rings. The number of ether oxygens (including phenoxy) is 3. The van der Waals surface area contributed by atoms with Crippen molar-refractivity contribution in [3.05, 3.63) is 29.5 Å². The Morgan fingerprint density at radius 1 is 1.17 bits per heavy atom. The topological polar surface area (TPSA) is 95.7 Å². The van der Waals surface area contributed by atoms with Crippen molar-refractivity contribution in [2.45, 2.75) is 25.3 Å². The van der Waals surface area contributed by atoms with Crippen LogP contribution < -0.4 is 19.5 Å². The quantitative estimate of drug-likeness (QED) is 0.821. The molecule has 8 heteroatoms. The van der Waals surface area contributed by atoms with E-state index in [1.165, 1.54) is 0 Å². The van der Waals surface area contributed by atoms with Gasteiger partial charge in [0.15, 0.2) is 11.5 Å². The van der Waals surface area contributed by atoms with E-state index in [1.807, 2.05) is 0 Å². The number of methoxy groups -OCH3 is 3. The number of benzene rings is 1. The standard InChI is InChI=1S/C16H19N3O5/c1-21-11-6-9(7-12(22-2)14(11)23-3)8-13-18-19-16(24-13)15(20)17-10-4-5-10/h6-7,10H,4-5,8H2,1-3H3,(H,17,20). The molecule has 1 amide bonds. The van der Waals surface area contributed by atoms with Gasteiger partial charge in [0, 0.05) is 6.04 Å². The molecular formula is C16H19N3O5. The van der Waals surface area contributed by atoms with Crippen LogP contribution in [0, 0.1) is 0 Å². The molecule has 1 aromatic carbocycles. The molecule has 1 N–H and O–H groups in total. The predicted octanol–water partition coefficient (Wildman–Crippen LogP) is 1.58. The number of nitrogens with zero attached hydrogens (tertiary/aromatic N) is 2. The van der Waals surface area contributed by atoms with Gasteiger partial charge in [0.1, 0.15) is 0 Å². The highest BCUT2D eigenvalue weighted by atomic mass is 16.5. The minimum Gasteiger partial charge on any atom is -0.493 e. The van der Waals surface area contributed by atoms with Crippen molar-refractivity contribution < 1.29 is 23.4 Å². The van der Waals surface area contributed by atoms with E-state index >= 15 is 0 Å². The largest absolute Gasteiger partial charge is 0.493 e. The number of carbonyl (C=O) groups excluding carboxylic acids is 1. The van der Waals surface area contributed by atoms with Crippen molar-refractivity contribution in [1.29, 1.82) is 0 Å². The van der Waals surface area contributed by atoms with Crippen LogP contribution in [0.5, 0.6) is 17.2 Å². The smallest absolute Gasteiger partial charge is 0.309 e. The molecule has 0 atom stereocenters. The molecule has 0 bridgehead atoms. The molecular weight excluding hydrogens is 314 g/mol. The van der Waals surface area contributed by atoms with Crippen LogP contribution in [0.2, 0.25) is 0 Å². The van der Waals surface area contributed by atoms with Gasteiger partial charge in [-0.2, -0.15) is 0 Å². The summed E-state index contributed by atoms with van der Waals surface area (Å²) < 4.78 is 21.4. The molecule has 128 valence electrons. The summed E-state index contributed by atoms with van der Waals surface area (Å²) in [4.78, 5) is 11.9. The summed E-state index contributed by atoms with van der Waals surface area (Å²) in [5.74, 6) is 1.57. The van der Waals surface area contributed by atoms with Gasteiger partial charge < -0.3 is 23.9 Å². The third-order valence-corrected chi connectivity index (χ3v) is 3.65. The van der Waals surface area contributed by atoms with E-state index in [4.69, 9.17) is 18.6 Å². The summed E-state index contributed by atoms with van der Waals surface area (Å²) in [5.41, 5.74) is 0.835. The second-order valence-corrected chi connectivity index (χ2v) is 5.46. The molecule has 1 aliphatic carbocycles. The Balaban J connectivity index is 1.78. The molecule has 24 heavy (non-hydrogen) atoms. The van der Waals surface area contributed by atoms with Gasteiger partial charge in [0.2, 0.25) is 11.6 Å². The lowest BCUT2D eigenvalue weighted by Crippen LogP contribution is -2.25. The maximum Gasteiger partial charge on any atom is 0.309 e. The lowest BCUT2D eigenvalue weighted by atomic mass is 10.1. The van der Waals surface area contributed by atoms with Gasteiger partial charge in [-0.05, 0) is 30.5 Å². The first-order valence-electron chi connectivity index (χ1n) is 7.56. The first-order valence-corrected chi connectivity index (χ1v) is 7.56. The van der Waals surface area contributed by atoms with E-state index in [-0.39, 0.29) is 17.8 Å². The maximum absolute atomic E-state index is 11.9. The van der Waals surface area contributed by atoms with Crippen LogP contribution in [0.25, 0.3) is 0 Å². The third kappa shape index (κ3) is 3.42. The molecule has 2 aromatic rings. The predicted molar refractivity (Wildman–Crippen MR) is 83.7 cm³/mol.